The fourth-order valence-electron chi connectivity index (χ4n) is 1.23. The molecule has 0 radical (unpaired) electrons. The highest BCUT2D eigenvalue weighted by Crippen LogP contribution is 2.21. The molecule has 1 aromatic rings. The fraction of sp³-hybridized carbons (Fsp3) is 0.625. The fourth-order valence-corrected chi connectivity index (χ4v) is 1.23. The number of hydrogen-bond acceptors (Lipinski definition) is 3. The average Bonchev–Trinajstić information content (AvgIpc) is 2.27. The summed E-state index contributed by atoms with van der Waals surface area (Å²) in [5.74, 6) is 0.710. The molecule has 0 N–H and O–H groups in total. The van der Waals surface area contributed by atoms with Gasteiger partial charge in [0.1, 0.15) is 0 Å². The summed E-state index contributed by atoms with van der Waals surface area (Å²) in [6.45, 7) is 3.52. The minimum absolute atomic E-state index is 0.410. The summed E-state index contributed by atoms with van der Waals surface area (Å²) in [6.07, 6.45) is 1.99. The Kier molecular flexibility index (Phi) is 1.77. The molecule has 12 heavy (non-hydrogen) atoms. The van der Waals surface area contributed by atoms with Gasteiger partial charge in [0, 0.05) is 11.8 Å². The van der Waals surface area contributed by atoms with Gasteiger partial charge in [-0.05, 0) is 6.92 Å². The molecule has 1 aliphatic heterocycles. The zero-order valence-corrected chi connectivity index (χ0v) is 7.28. The van der Waals surface area contributed by atoms with Crippen molar-refractivity contribution in [3.05, 3.63) is 11.8 Å². The Hall–Kier alpha value is -1.03. The van der Waals surface area contributed by atoms with Gasteiger partial charge in [0.15, 0.2) is 0 Å². The molecule has 4 nitrogen and oxygen atoms in total. The largest absolute Gasteiger partial charge is 0.480 e. The van der Waals surface area contributed by atoms with Crippen LogP contribution < -0.4 is 4.74 Å². The highest BCUT2D eigenvalue weighted by Gasteiger charge is 2.22. The summed E-state index contributed by atoms with van der Waals surface area (Å²) in [5.41, 5.74) is 1.07. The van der Waals surface area contributed by atoms with E-state index in [9.17, 15) is 0 Å². The molecule has 66 valence electrons. The van der Waals surface area contributed by atoms with E-state index < -0.39 is 0 Å². The topological polar surface area (TPSA) is 36.3 Å². The maximum atomic E-state index is 5.07. The predicted molar refractivity (Wildman–Crippen MR) is 43.4 cm³/mol. The van der Waals surface area contributed by atoms with Gasteiger partial charge >= 0.3 is 0 Å². The third-order valence-corrected chi connectivity index (χ3v) is 2.06. The molecule has 1 aliphatic rings. The molecule has 0 aromatic carbocycles. The standard InChI is InChI=1S/C8H12N2O2/c1-6-3-10(7-4-12-5-7)9-8(6)11-2/h3,7H,4-5H2,1-2H3. The van der Waals surface area contributed by atoms with Crippen molar-refractivity contribution in [2.75, 3.05) is 20.3 Å². The summed E-state index contributed by atoms with van der Waals surface area (Å²) in [5, 5.41) is 4.26. The van der Waals surface area contributed by atoms with Crippen molar-refractivity contribution in [3.63, 3.8) is 0 Å². The Morgan fingerprint density at radius 1 is 1.67 bits per heavy atom. The Morgan fingerprint density at radius 2 is 2.42 bits per heavy atom. The summed E-state index contributed by atoms with van der Waals surface area (Å²) in [6, 6.07) is 0.410. The molecule has 0 aliphatic carbocycles. The van der Waals surface area contributed by atoms with Crippen LogP contribution in [0.25, 0.3) is 0 Å². The number of nitrogens with zero attached hydrogens (tertiary/aromatic N) is 2. The van der Waals surface area contributed by atoms with Gasteiger partial charge in [-0.25, -0.2) is 0 Å². The molecular weight excluding hydrogens is 156 g/mol. The first-order valence-corrected chi connectivity index (χ1v) is 3.98. The lowest BCUT2D eigenvalue weighted by atomic mass is 10.3. The Morgan fingerprint density at radius 3 is 2.83 bits per heavy atom. The number of rotatable bonds is 2. The lowest BCUT2D eigenvalue weighted by molar-refractivity contribution is -0.0289. The average molecular weight is 168 g/mol. The number of aryl methyl sites for hydroxylation is 1. The summed E-state index contributed by atoms with van der Waals surface area (Å²) < 4.78 is 12.1. The van der Waals surface area contributed by atoms with Gasteiger partial charge < -0.3 is 9.47 Å². The summed E-state index contributed by atoms with van der Waals surface area (Å²) >= 11 is 0. The SMILES string of the molecule is COc1nn(C2COC2)cc1C. The van der Waals surface area contributed by atoms with E-state index in [1.165, 1.54) is 0 Å². The second-order valence-electron chi connectivity index (χ2n) is 2.99. The van der Waals surface area contributed by atoms with Crippen LogP contribution in [-0.4, -0.2) is 30.1 Å². The van der Waals surface area contributed by atoms with Crippen LogP contribution >= 0.6 is 0 Å². The summed E-state index contributed by atoms with van der Waals surface area (Å²) in [4.78, 5) is 0. The van der Waals surface area contributed by atoms with E-state index in [1.54, 1.807) is 7.11 Å². The third-order valence-electron chi connectivity index (χ3n) is 2.06. The van der Waals surface area contributed by atoms with Crippen molar-refractivity contribution in [3.8, 4) is 5.88 Å². The molecule has 0 bridgehead atoms. The van der Waals surface area contributed by atoms with Gasteiger partial charge in [0.05, 0.1) is 26.4 Å². The molecule has 4 heteroatoms. The molecular formula is C8H12N2O2. The first kappa shape index (κ1) is 7.61. The maximum absolute atomic E-state index is 5.07. The predicted octanol–water partition coefficient (Wildman–Crippen LogP) is 0.771. The van der Waals surface area contributed by atoms with Crippen molar-refractivity contribution in [2.24, 2.45) is 0 Å². The first-order chi connectivity index (χ1) is 5.81. The molecule has 2 rings (SSSR count). The zero-order chi connectivity index (χ0) is 8.55. The second-order valence-corrected chi connectivity index (χ2v) is 2.99. The van der Waals surface area contributed by atoms with Crippen molar-refractivity contribution in [2.45, 2.75) is 13.0 Å². The molecule has 1 saturated heterocycles. The summed E-state index contributed by atoms with van der Waals surface area (Å²) in [7, 11) is 1.64. The van der Waals surface area contributed by atoms with Crippen LogP contribution in [-0.2, 0) is 4.74 Å². The highest BCUT2D eigenvalue weighted by atomic mass is 16.5. The van der Waals surface area contributed by atoms with Gasteiger partial charge in [0.2, 0.25) is 5.88 Å². The smallest absolute Gasteiger partial charge is 0.235 e. The second kappa shape index (κ2) is 2.79. The molecule has 2 heterocycles. The molecule has 1 aromatic heterocycles. The van der Waals surface area contributed by atoms with E-state index in [0.717, 1.165) is 18.8 Å². The monoisotopic (exact) mass is 168 g/mol. The van der Waals surface area contributed by atoms with Gasteiger partial charge in [-0.1, -0.05) is 0 Å². The highest BCUT2D eigenvalue weighted by molar-refractivity contribution is 5.21. The molecule has 1 fully saturated rings. The van der Waals surface area contributed by atoms with Crippen molar-refractivity contribution in [1.82, 2.24) is 9.78 Å². The molecule has 0 atom stereocenters. The van der Waals surface area contributed by atoms with Crippen molar-refractivity contribution < 1.29 is 9.47 Å². The van der Waals surface area contributed by atoms with Crippen LogP contribution in [0.3, 0.4) is 0 Å². The van der Waals surface area contributed by atoms with Gasteiger partial charge in [0.25, 0.3) is 0 Å². The Balaban J connectivity index is 2.21. The molecule has 0 saturated carbocycles. The number of ether oxygens (including phenoxy) is 2. The molecule has 0 unspecified atom stereocenters. The first-order valence-electron chi connectivity index (χ1n) is 3.98. The van der Waals surface area contributed by atoms with Crippen LogP contribution in [0.15, 0.2) is 6.20 Å². The van der Waals surface area contributed by atoms with Gasteiger partial charge in [-0.3, -0.25) is 4.68 Å². The van der Waals surface area contributed by atoms with Crippen LogP contribution in [0, 0.1) is 6.92 Å². The van der Waals surface area contributed by atoms with Gasteiger partial charge in [-0.15, -0.1) is 5.10 Å². The minimum atomic E-state index is 0.410. The lowest BCUT2D eigenvalue weighted by Crippen LogP contribution is -2.30. The van der Waals surface area contributed by atoms with Crippen LogP contribution in [0.5, 0.6) is 5.88 Å². The Labute approximate surface area is 71.1 Å². The zero-order valence-electron chi connectivity index (χ0n) is 7.28. The van der Waals surface area contributed by atoms with E-state index in [0.29, 0.717) is 11.9 Å². The van der Waals surface area contributed by atoms with E-state index in [4.69, 9.17) is 9.47 Å². The van der Waals surface area contributed by atoms with E-state index in [1.807, 2.05) is 17.8 Å². The van der Waals surface area contributed by atoms with E-state index in [-0.39, 0.29) is 0 Å². The Bertz CT molecular complexity index is 279. The number of aromatic nitrogens is 2. The van der Waals surface area contributed by atoms with Crippen molar-refractivity contribution in [1.29, 1.82) is 0 Å². The van der Waals surface area contributed by atoms with E-state index in [2.05, 4.69) is 5.10 Å². The lowest BCUT2D eigenvalue weighted by Gasteiger charge is -2.25. The third kappa shape index (κ3) is 1.08. The number of methoxy groups -OCH3 is 1. The number of hydrogen-bond donors (Lipinski definition) is 0. The normalized spacial score (nSPS) is 17.5. The quantitative estimate of drug-likeness (QED) is 0.654. The molecule has 0 amide bonds. The molecule has 0 spiro atoms. The van der Waals surface area contributed by atoms with E-state index >= 15 is 0 Å². The van der Waals surface area contributed by atoms with Crippen LogP contribution in [0.2, 0.25) is 0 Å². The van der Waals surface area contributed by atoms with Crippen molar-refractivity contribution >= 4 is 0 Å². The maximum Gasteiger partial charge on any atom is 0.235 e. The minimum Gasteiger partial charge on any atom is -0.480 e. The van der Waals surface area contributed by atoms with Gasteiger partial charge in [-0.2, -0.15) is 0 Å². The van der Waals surface area contributed by atoms with Crippen LogP contribution in [0.4, 0.5) is 0 Å². The van der Waals surface area contributed by atoms with Crippen LogP contribution in [0.1, 0.15) is 11.6 Å².